The molecule has 132 valence electrons. The van der Waals surface area contributed by atoms with E-state index < -0.39 is 5.25 Å². The Labute approximate surface area is 156 Å². The van der Waals surface area contributed by atoms with Crippen LogP contribution in [0.15, 0.2) is 64.2 Å². The van der Waals surface area contributed by atoms with Crippen LogP contribution in [0.25, 0.3) is 11.5 Å². The van der Waals surface area contributed by atoms with Crippen LogP contribution in [0.2, 0.25) is 0 Å². The maximum Gasteiger partial charge on any atom is 0.277 e. The van der Waals surface area contributed by atoms with Crippen LogP contribution < -0.4 is 5.32 Å². The molecular weight excluding hydrogens is 346 g/mol. The second-order valence-corrected chi connectivity index (χ2v) is 7.44. The molecule has 1 fully saturated rings. The minimum absolute atomic E-state index is 0.0145. The Morgan fingerprint density at radius 2 is 1.85 bits per heavy atom. The Morgan fingerprint density at radius 3 is 2.58 bits per heavy atom. The van der Waals surface area contributed by atoms with Gasteiger partial charge in [0.05, 0.1) is 0 Å². The highest BCUT2D eigenvalue weighted by Gasteiger charge is 2.30. The lowest BCUT2D eigenvalue weighted by molar-refractivity contribution is -0.120. The molecule has 3 aromatic rings. The Kier molecular flexibility index (Phi) is 4.75. The molecule has 0 aliphatic heterocycles. The molecule has 1 N–H and O–H groups in total. The van der Waals surface area contributed by atoms with E-state index in [2.05, 4.69) is 15.5 Å². The van der Waals surface area contributed by atoms with Crippen molar-refractivity contribution in [1.29, 1.82) is 0 Å². The molecule has 0 radical (unpaired) electrons. The summed E-state index contributed by atoms with van der Waals surface area (Å²) in [7, 11) is 0. The summed E-state index contributed by atoms with van der Waals surface area (Å²) in [5, 5.41) is 11.3. The van der Waals surface area contributed by atoms with E-state index >= 15 is 0 Å². The number of carbonyl (C=O) groups is 1. The normalized spacial score (nSPS) is 14.8. The van der Waals surface area contributed by atoms with Gasteiger partial charge in [0.25, 0.3) is 5.22 Å². The van der Waals surface area contributed by atoms with Gasteiger partial charge in [-0.25, -0.2) is 0 Å². The minimum atomic E-state index is -0.415. The Hall–Kier alpha value is -2.60. The average Bonchev–Trinajstić information content (AvgIpc) is 3.35. The van der Waals surface area contributed by atoms with Crippen molar-refractivity contribution in [3.8, 4) is 11.5 Å². The third-order valence-electron chi connectivity index (χ3n) is 4.26. The highest BCUT2D eigenvalue weighted by atomic mass is 32.2. The zero-order chi connectivity index (χ0) is 17.9. The van der Waals surface area contributed by atoms with Gasteiger partial charge in [-0.2, -0.15) is 0 Å². The minimum Gasteiger partial charge on any atom is -0.411 e. The van der Waals surface area contributed by atoms with Crippen molar-refractivity contribution in [3.63, 3.8) is 0 Å². The van der Waals surface area contributed by atoms with Crippen LogP contribution >= 0.6 is 11.8 Å². The number of aryl methyl sites for hydroxylation is 1. The summed E-state index contributed by atoms with van der Waals surface area (Å²) in [5.74, 6) is 0.458. The van der Waals surface area contributed by atoms with E-state index in [1.165, 1.54) is 11.8 Å². The van der Waals surface area contributed by atoms with E-state index in [1.54, 1.807) is 0 Å². The summed E-state index contributed by atoms with van der Waals surface area (Å²) < 4.78 is 5.83. The molecule has 0 unspecified atom stereocenters. The van der Waals surface area contributed by atoms with Gasteiger partial charge in [-0.05, 0) is 48.7 Å². The van der Waals surface area contributed by atoms with Crippen molar-refractivity contribution < 1.29 is 9.21 Å². The van der Waals surface area contributed by atoms with Gasteiger partial charge < -0.3 is 9.73 Å². The predicted molar refractivity (Wildman–Crippen MR) is 101 cm³/mol. The van der Waals surface area contributed by atoms with Crippen LogP contribution in [0.4, 0.5) is 0 Å². The molecule has 1 aromatic heterocycles. The van der Waals surface area contributed by atoms with Crippen molar-refractivity contribution >= 4 is 17.7 Å². The van der Waals surface area contributed by atoms with Gasteiger partial charge in [-0.1, -0.05) is 48.5 Å². The summed E-state index contributed by atoms with van der Waals surface area (Å²) in [6, 6.07) is 17.9. The molecule has 1 amide bonds. The SMILES string of the molecule is Cc1ccccc1-c1nnc(S[C@@H](C(=O)NC2CC2)c2ccccc2)o1. The molecular formula is C20H19N3O2S. The number of aromatic nitrogens is 2. The smallest absolute Gasteiger partial charge is 0.277 e. The second kappa shape index (κ2) is 7.33. The summed E-state index contributed by atoms with van der Waals surface area (Å²) in [6.45, 7) is 2.00. The van der Waals surface area contributed by atoms with Gasteiger partial charge in [0.2, 0.25) is 11.8 Å². The van der Waals surface area contributed by atoms with Crippen LogP contribution in [0.5, 0.6) is 0 Å². The van der Waals surface area contributed by atoms with Crippen molar-refractivity contribution in [3.05, 3.63) is 65.7 Å². The van der Waals surface area contributed by atoms with Gasteiger partial charge >= 0.3 is 0 Å². The van der Waals surface area contributed by atoms with Crippen molar-refractivity contribution in [2.24, 2.45) is 0 Å². The highest BCUT2D eigenvalue weighted by Crippen LogP contribution is 2.37. The van der Waals surface area contributed by atoms with E-state index in [0.717, 1.165) is 29.5 Å². The molecule has 1 atom stereocenters. The Bertz CT molecular complexity index is 906. The van der Waals surface area contributed by atoms with Crippen molar-refractivity contribution in [2.75, 3.05) is 0 Å². The molecule has 0 saturated heterocycles. The van der Waals surface area contributed by atoms with Crippen molar-refractivity contribution in [2.45, 2.75) is 36.3 Å². The lowest BCUT2D eigenvalue weighted by Gasteiger charge is -2.14. The molecule has 0 bridgehead atoms. The number of amides is 1. The quantitative estimate of drug-likeness (QED) is 0.665. The third kappa shape index (κ3) is 3.80. The summed E-state index contributed by atoms with van der Waals surface area (Å²) >= 11 is 1.29. The zero-order valence-electron chi connectivity index (χ0n) is 14.4. The van der Waals surface area contributed by atoms with Crippen molar-refractivity contribution in [1.82, 2.24) is 15.5 Å². The fourth-order valence-corrected chi connectivity index (χ4v) is 3.57. The average molecular weight is 365 g/mol. The fourth-order valence-electron chi connectivity index (χ4n) is 2.69. The van der Waals surface area contributed by atoms with E-state index in [9.17, 15) is 4.79 Å². The van der Waals surface area contributed by atoms with Crippen LogP contribution in [-0.2, 0) is 4.79 Å². The first-order valence-corrected chi connectivity index (χ1v) is 9.50. The van der Waals surface area contributed by atoms with Gasteiger partial charge in [0.1, 0.15) is 5.25 Å². The number of nitrogens with zero attached hydrogens (tertiary/aromatic N) is 2. The first kappa shape index (κ1) is 16.8. The van der Waals surface area contributed by atoms with Crippen LogP contribution in [0.1, 0.15) is 29.2 Å². The Balaban J connectivity index is 1.58. The van der Waals surface area contributed by atoms with Gasteiger partial charge in [-0.3, -0.25) is 4.79 Å². The number of rotatable bonds is 6. The molecule has 2 aromatic carbocycles. The third-order valence-corrected chi connectivity index (χ3v) is 5.35. The molecule has 1 aliphatic rings. The van der Waals surface area contributed by atoms with Gasteiger partial charge in [0.15, 0.2) is 0 Å². The first-order chi connectivity index (χ1) is 12.7. The molecule has 1 heterocycles. The second-order valence-electron chi connectivity index (χ2n) is 6.38. The molecule has 26 heavy (non-hydrogen) atoms. The van der Waals surface area contributed by atoms with Gasteiger partial charge in [-0.15, -0.1) is 10.2 Å². The topological polar surface area (TPSA) is 68.0 Å². The fraction of sp³-hybridized carbons (Fsp3) is 0.250. The lowest BCUT2D eigenvalue weighted by Crippen LogP contribution is -2.29. The highest BCUT2D eigenvalue weighted by molar-refractivity contribution is 8.00. The van der Waals surface area contributed by atoms with E-state index in [1.807, 2.05) is 61.5 Å². The van der Waals surface area contributed by atoms with Crippen LogP contribution in [0, 0.1) is 6.92 Å². The van der Waals surface area contributed by atoms with Gasteiger partial charge in [0, 0.05) is 11.6 Å². The molecule has 4 rings (SSSR count). The largest absolute Gasteiger partial charge is 0.411 e. The van der Waals surface area contributed by atoms with E-state index in [4.69, 9.17) is 4.42 Å². The lowest BCUT2D eigenvalue weighted by atomic mass is 10.1. The number of benzene rings is 2. The number of nitrogens with one attached hydrogen (secondary N) is 1. The molecule has 0 spiro atoms. The number of hydrogen-bond acceptors (Lipinski definition) is 5. The van der Waals surface area contributed by atoms with E-state index in [-0.39, 0.29) is 5.91 Å². The number of hydrogen-bond donors (Lipinski definition) is 1. The molecule has 1 aliphatic carbocycles. The van der Waals surface area contributed by atoms with Crippen LogP contribution in [-0.4, -0.2) is 22.1 Å². The van der Waals surface area contributed by atoms with E-state index in [0.29, 0.717) is 17.2 Å². The Morgan fingerprint density at radius 1 is 1.12 bits per heavy atom. The summed E-state index contributed by atoms with van der Waals surface area (Å²) in [4.78, 5) is 12.7. The molecule has 1 saturated carbocycles. The number of carbonyl (C=O) groups excluding carboxylic acids is 1. The monoisotopic (exact) mass is 365 g/mol. The predicted octanol–water partition coefficient (Wildman–Crippen LogP) is 4.16. The summed E-state index contributed by atoms with van der Waals surface area (Å²) in [5.41, 5.74) is 2.90. The zero-order valence-corrected chi connectivity index (χ0v) is 15.2. The maximum absolute atomic E-state index is 12.7. The summed E-state index contributed by atoms with van der Waals surface area (Å²) in [6.07, 6.45) is 2.10. The molecule has 5 nitrogen and oxygen atoms in total. The maximum atomic E-state index is 12.7. The number of thioether (sulfide) groups is 1. The molecule has 6 heteroatoms. The standard InChI is InChI=1S/C20H19N3O2S/c1-13-7-5-6-10-16(13)19-22-23-20(25-19)26-17(14-8-3-2-4-9-14)18(24)21-15-11-12-15/h2-10,15,17H,11-12H2,1H3,(H,21,24)/t17-/m1/s1. The first-order valence-electron chi connectivity index (χ1n) is 8.62. The van der Waals surface area contributed by atoms with Crippen LogP contribution in [0.3, 0.4) is 0 Å².